The predicted molar refractivity (Wildman–Crippen MR) is 38.6 cm³/mol. The maximum Gasteiger partial charge on any atom is 0.0605 e. The van der Waals surface area contributed by atoms with Crippen molar-refractivity contribution in [2.75, 3.05) is 12.5 Å². The van der Waals surface area contributed by atoms with E-state index >= 15 is 0 Å². The third kappa shape index (κ3) is 2.55. The van der Waals surface area contributed by atoms with Crippen molar-refractivity contribution in [3.05, 3.63) is 6.42 Å². The summed E-state index contributed by atoms with van der Waals surface area (Å²) in [6.45, 7) is 0.708. The zero-order valence-corrected chi connectivity index (χ0v) is 6.23. The van der Waals surface area contributed by atoms with Crippen molar-refractivity contribution in [2.45, 2.75) is 25.4 Å². The third-order valence-electron chi connectivity index (χ3n) is 1.55. The van der Waals surface area contributed by atoms with Crippen molar-refractivity contribution in [2.24, 2.45) is 0 Å². The van der Waals surface area contributed by atoms with Gasteiger partial charge in [0.25, 0.3) is 0 Å². The fraction of sp³-hybridized carbons (Fsp3) is 0.857. The number of hydrogen-bond acceptors (Lipinski definition) is 1. The smallest absolute Gasteiger partial charge is 0.0605 e. The molecule has 0 aromatic rings. The van der Waals surface area contributed by atoms with E-state index in [1.807, 2.05) is 0 Å². The Hall–Kier alpha value is 0.250. The van der Waals surface area contributed by atoms with Crippen LogP contribution >= 0.6 is 11.6 Å². The van der Waals surface area contributed by atoms with Gasteiger partial charge in [-0.15, -0.1) is 11.6 Å². The molecule has 1 radical (unpaired) electrons. The maximum absolute atomic E-state index is 5.44. The average molecular weight is 148 g/mol. The van der Waals surface area contributed by atoms with Gasteiger partial charge in [-0.05, 0) is 25.7 Å². The highest BCUT2D eigenvalue weighted by Gasteiger charge is 2.14. The van der Waals surface area contributed by atoms with Crippen LogP contribution < -0.4 is 0 Å². The normalized spacial score (nSPS) is 21.0. The molecule has 0 aliphatic heterocycles. The molecular weight excluding hydrogens is 136 g/mol. The standard InChI is InChI=1S/C7H12ClO/c8-5-6-9-7-3-1-2-4-7/h1,7H,2-6H2. The Morgan fingerprint density at radius 3 is 3.11 bits per heavy atom. The average Bonchev–Trinajstić information content (AvgIpc) is 2.34. The lowest BCUT2D eigenvalue weighted by Gasteiger charge is -2.07. The highest BCUT2D eigenvalue weighted by atomic mass is 35.5. The van der Waals surface area contributed by atoms with E-state index in [4.69, 9.17) is 16.3 Å². The van der Waals surface area contributed by atoms with Gasteiger partial charge < -0.3 is 4.74 Å². The van der Waals surface area contributed by atoms with Crippen LogP contribution in [0.4, 0.5) is 0 Å². The number of rotatable bonds is 3. The summed E-state index contributed by atoms with van der Waals surface area (Å²) in [5.74, 6) is 0.622. The summed E-state index contributed by atoms with van der Waals surface area (Å²) >= 11 is 5.44. The Labute approximate surface area is 61.3 Å². The quantitative estimate of drug-likeness (QED) is 0.555. The van der Waals surface area contributed by atoms with Gasteiger partial charge in [-0.3, -0.25) is 0 Å². The van der Waals surface area contributed by atoms with Gasteiger partial charge in [0, 0.05) is 5.88 Å². The minimum absolute atomic E-state index is 0.476. The molecule has 9 heavy (non-hydrogen) atoms. The second-order valence-corrected chi connectivity index (χ2v) is 2.66. The molecule has 1 saturated carbocycles. The first-order chi connectivity index (χ1) is 4.43. The van der Waals surface area contributed by atoms with E-state index in [0.717, 1.165) is 6.42 Å². The first-order valence-corrected chi connectivity index (χ1v) is 3.96. The Morgan fingerprint density at radius 2 is 2.56 bits per heavy atom. The van der Waals surface area contributed by atoms with Crippen LogP contribution in [0.25, 0.3) is 0 Å². The lowest BCUT2D eigenvalue weighted by atomic mass is 10.3. The van der Waals surface area contributed by atoms with E-state index in [-0.39, 0.29) is 0 Å². The van der Waals surface area contributed by atoms with Crippen molar-refractivity contribution in [1.29, 1.82) is 0 Å². The van der Waals surface area contributed by atoms with Gasteiger partial charge in [0.15, 0.2) is 0 Å². The molecule has 1 atom stereocenters. The highest BCUT2D eigenvalue weighted by Crippen LogP contribution is 2.19. The molecule has 2 heteroatoms. The molecule has 1 nitrogen and oxygen atoms in total. The Bertz CT molecular complexity index is 69.3. The van der Waals surface area contributed by atoms with Crippen LogP contribution in [-0.2, 0) is 4.74 Å². The molecule has 1 rings (SSSR count). The van der Waals surface area contributed by atoms with Crippen LogP contribution in [0.3, 0.4) is 0 Å². The summed E-state index contributed by atoms with van der Waals surface area (Å²) in [6, 6.07) is 0. The summed E-state index contributed by atoms with van der Waals surface area (Å²) in [4.78, 5) is 0. The van der Waals surface area contributed by atoms with Gasteiger partial charge in [-0.25, -0.2) is 0 Å². The molecule has 1 fully saturated rings. The molecule has 0 spiro atoms. The lowest BCUT2D eigenvalue weighted by molar-refractivity contribution is 0.0716. The molecule has 0 aromatic carbocycles. The van der Waals surface area contributed by atoms with Crippen molar-refractivity contribution >= 4 is 11.6 Å². The molecule has 0 amide bonds. The molecule has 0 aromatic heterocycles. The van der Waals surface area contributed by atoms with E-state index in [0.29, 0.717) is 18.6 Å². The number of alkyl halides is 1. The van der Waals surface area contributed by atoms with E-state index < -0.39 is 0 Å². The van der Waals surface area contributed by atoms with Crippen LogP contribution in [0.15, 0.2) is 0 Å². The highest BCUT2D eigenvalue weighted by molar-refractivity contribution is 6.17. The molecule has 0 N–H and O–H groups in total. The van der Waals surface area contributed by atoms with Crippen LogP contribution in [0.1, 0.15) is 19.3 Å². The third-order valence-corrected chi connectivity index (χ3v) is 1.71. The molecule has 0 saturated heterocycles. The second kappa shape index (κ2) is 4.13. The number of hydrogen-bond donors (Lipinski definition) is 0. The molecule has 1 unspecified atom stereocenters. The minimum atomic E-state index is 0.476. The van der Waals surface area contributed by atoms with Gasteiger partial charge in [0.2, 0.25) is 0 Å². The number of halogens is 1. The Morgan fingerprint density at radius 1 is 1.67 bits per heavy atom. The lowest BCUT2D eigenvalue weighted by Crippen LogP contribution is -2.08. The SMILES string of the molecule is ClCCOC1C[CH]CC1. The van der Waals surface area contributed by atoms with Crippen LogP contribution in [0.5, 0.6) is 0 Å². The minimum Gasteiger partial charge on any atom is -0.377 e. The zero-order valence-electron chi connectivity index (χ0n) is 5.48. The summed E-state index contributed by atoms with van der Waals surface area (Å²) in [7, 11) is 0. The van der Waals surface area contributed by atoms with E-state index in [2.05, 4.69) is 6.42 Å². The van der Waals surface area contributed by atoms with E-state index in [1.54, 1.807) is 0 Å². The molecule has 1 aliphatic rings. The fourth-order valence-electron chi connectivity index (χ4n) is 1.09. The monoisotopic (exact) mass is 147 g/mol. The molecule has 0 heterocycles. The van der Waals surface area contributed by atoms with Gasteiger partial charge in [0.05, 0.1) is 12.7 Å². The van der Waals surface area contributed by atoms with E-state index in [1.165, 1.54) is 12.8 Å². The van der Waals surface area contributed by atoms with Gasteiger partial charge in [-0.2, -0.15) is 0 Å². The Balaban J connectivity index is 1.98. The zero-order chi connectivity index (χ0) is 6.53. The first kappa shape index (κ1) is 7.36. The largest absolute Gasteiger partial charge is 0.377 e. The van der Waals surface area contributed by atoms with Crippen LogP contribution in [0.2, 0.25) is 0 Å². The fourth-order valence-corrected chi connectivity index (χ4v) is 1.18. The van der Waals surface area contributed by atoms with Crippen molar-refractivity contribution < 1.29 is 4.74 Å². The number of ether oxygens (including phenoxy) is 1. The predicted octanol–water partition coefficient (Wildman–Crippen LogP) is 2.00. The van der Waals surface area contributed by atoms with Gasteiger partial charge in [-0.1, -0.05) is 0 Å². The second-order valence-electron chi connectivity index (χ2n) is 2.28. The summed E-state index contributed by atoms with van der Waals surface area (Å²) in [6.07, 6.45) is 6.28. The maximum atomic E-state index is 5.44. The summed E-state index contributed by atoms with van der Waals surface area (Å²) in [5.41, 5.74) is 0. The van der Waals surface area contributed by atoms with Crippen LogP contribution in [-0.4, -0.2) is 18.6 Å². The molecule has 53 valence electrons. The summed E-state index contributed by atoms with van der Waals surface area (Å²) in [5, 5.41) is 0. The molecule has 0 bridgehead atoms. The van der Waals surface area contributed by atoms with Gasteiger partial charge in [0.1, 0.15) is 0 Å². The molecular formula is C7H12ClO. The molecule has 1 aliphatic carbocycles. The summed E-state index contributed by atoms with van der Waals surface area (Å²) < 4.78 is 5.39. The van der Waals surface area contributed by atoms with Crippen LogP contribution in [0, 0.1) is 6.42 Å². The van der Waals surface area contributed by atoms with Gasteiger partial charge >= 0.3 is 0 Å². The first-order valence-electron chi connectivity index (χ1n) is 3.42. The van der Waals surface area contributed by atoms with Crippen molar-refractivity contribution in [3.8, 4) is 0 Å². The van der Waals surface area contributed by atoms with E-state index in [9.17, 15) is 0 Å². The van der Waals surface area contributed by atoms with Crippen molar-refractivity contribution in [3.63, 3.8) is 0 Å². The topological polar surface area (TPSA) is 9.23 Å². The Kier molecular flexibility index (Phi) is 3.37. The van der Waals surface area contributed by atoms with Crippen molar-refractivity contribution in [1.82, 2.24) is 0 Å².